The van der Waals surface area contributed by atoms with Crippen molar-refractivity contribution in [3.63, 3.8) is 0 Å². The second kappa shape index (κ2) is 5.78. The fraction of sp³-hybridized carbons (Fsp3) is 0.700. The predicted molar refractivity (Wildman–Crippen MR) is 54.2 cm³/mol. The van der Waals surface area contributed by atoms with Crippen molar-refractivity contribution in [2.45, 2.75) is 26.3 Å². The molecule has 1 N–H and O–H groups in total. The lowest BCUT2D eigenvalue weighted by molar-refractivity contribution is 0.0865. The highest BCUT2D eigenvalue weighted by Gasteiger charge is 2.05. The molecule has 1 heterocycles. The first-order valence-corrected chi connectivity index (χ1v) is 4.95. The number of hydrogen-bond donors (Lipinski definition) is 1. The molecule has 4 nitrogen and oxygen atoms in total. The van der Waals surface area contributed by atoms with E-state index >= 15 is 0 Å². The lowest BCUT2D eigenvalue weighted by atomic mass is 10.2. The number of nitrogens with zero attached hydrogens (tertiary/aromatic N) is 2. The van der Waals surface area contributed by atoms with E-state index in [2.05, 4.69) is 23.4 Å². The first kappa shape index (κ1) is 11.2. The minimum Gasteiger partial charge on any atom is -0.394 e. The molecule has 0 amide bonds. The maximum absolute atomic E-state index is 8.52. The second-order valence-electron chi connectivity index (χ2n) is 3.47. The highest BCUT2D eigenvalue weighted by atomic mass is 16.5. The Morgan fingerprint density at radius 3 is 2.93 bits per heavy atom. The molecular formula is C10H18N2O2. The molecule has 1 aromatic rings. The van der Waals surface area contributed by atoms with Crippen LogP contribution in [-0.2, 0) is 11.3 Å². The molecule has 0 saturated heterocycles. The van der Waals surface area contributed by atoms with Crippen molar-refractivity contribution < 1.29 is 9.84 Å². The van der Waals surface area contributed by atoms with Crippen molar-refractivity contribution in [2.24, 2.45) is 0 Å². The third kappa shape index (κ3) is 3.12. The third-order valence-electron chi connectivity index (χ3n) is 1.98. The van der Waals surface area contributed by atoms with E-state index in [4.69, 9.17) is 9.84 Å². The Kier molecular flexibility index (Phi) is 4.62. The standard InChI is InChI=1S/C10H18N2O2/c1-9(2)10-11-3-4-12(10)5-7-14-8-6-13/h3-4,9,13H,5-8H2,1-2H3. The van der Waals surface area contributed by atoms with Gasteiger partial charge >= 0.3 is 0 Å². The predicted octanol–water partition coefficient (Wildman–Crippen LogP) is 1.02. The van der Waals surface area contributed by atoms with Crippen molar-refractivity contribution in [1.29, 1.82) is 0 Å². The van der Waals surface area contributed by atoms with E-state index in [0.717, 1.165) is 12.4 Å². The maximum Gasteiger partial charge on any atom is 0.111 e. The van der Waals surface area contributed by atoms with Gasteiger partial charge in [-0.15, -0.1) is 0 Å². The van der Waals surface area contributed by atoms with Crippen LogP contribution < -0.4 is 0 Å². The molecule has 0 bridgehead atoms. The molecule has 1 rings (SSSR count). The van der Waals surface area contributed by atoms with Gasteiger partial charge in [0.1, 0.15) is 5.82 Å². The fourth-order valence-electron chi connectivity index (χ4n) is 1.34. The quantitative estimate of drug-likeness (QED) is 0.694. The van der Waals surface area contributed by atoms with Gasteiger partial charge in [-0.2, -0.15) is 0 Å². The molecule has 0 unspecified atom stereocenters. The van der Waals surface area contributed by atoms with Crippen molar-refractivity contribution in [3.8, 4) is 0 Å². The van der Waals surface area contributed by atoms with Gasteiger partial charge in [0.05, 0.1) is 19.8 Å². The van der Waals surface area contributed by atoms with Crippen molar-refractivity contribution in [3.05, 3.63) is 18.2 Å². The Bertz CT molecular complexity index is 258. The van der Waals surface area contributed by atoms with E-state index in [1.165, 1.54) is 0 Å². The van der Waals surface area contributed by atoms with Gasteiger partial charge in [0.25, 0.3) is 0 Å². The molecule has 0 atom stereocenters. The van der Waals surface area contributed by atoms with E-state index in [-0.39, 0.29) is 6.61 Å². The number of aliphatic hydroxyl groups is 1. The molecule has 0 spiro atoms. The topological polar surface area (TPSA) is 47.3 Å². The molecule has 4 heteroatoms. The molecule has 0 aliphatic heterocycles. The molecule has 0 saturated carbocycles. The first-order chi connectivity index (χ1) is 6.75. The molecule has 0 aliphatic carbocycles. The van der Waals surface area contributed by atoms with Crippen LogP contribution in [0.5, 0.6) is 0 Å². The Morgan fingerprint density at radius 2 is 2.29 bits per heavy atom. The van der Waals surface area contributed by atoms with Gasteiger partial charge in [-0.1, -0.05) is 13.8 Å². The van der Waals surface area contributed by atoms with Gasteiger partial charge in [0.2, 0.25) is 0 Å². The van der Waals surface area contributed by atoms with Crippen molar-refractivity contribution >= 4 is 0 Å². The number of hydrogen-bond acceptors (Lipinski definition) is 3. The van der Waals surface area contributed by atoms with E-state index in [1.54, 1.807) is 6.20 Å². The van der Waals surface area contributed by atoms with Gasteiger partial charge in [-0.05, 0) is 0 Å². The highest BCUT2D eigenvalue weighted by Crippen LogP contribution is 2.11. The first-order valence-electron chi connectivity index (χ1n) is 4.95. The third-order valence-corrected chi connectivity index (χ3v) is 1.98. The number of imidazole rings is 1. The van der Waals surface area contributed by atoms with Crippen LogP contribution in [0.15, 0.2) is 12.4 Å². The number of aliphatic hydroxyl groups excluding tert-OH is 1. The zero-order valence-corrected chi connectivity index (χ0v) is 8.81. The Morgan fingerprint density at radius 1 is 1.50 bits per heavy atom. The average molecular weight is 198 g/mol. The van der Waals surface area contributed by atoms with E-state index in [0.29, 0.717) is 19.1 Å². The van der Waals surface area contributed by atoms with Crippen LogP contribution in [0, 0.1) is 0 Å². The summed E-state index contributed by atoms with van der Waals surface area (Å²) in [5, 5.41) is 8.52. The molecule has 1 aromatic heterocycles. The zero-order valence-electron chi connectivity index (χ0n) is 8.81. The van der Waals surface area contributed by atoms with Crippen LogP contribution in [0.25, 0.3) is 0 Å². The van der Waals surface area contributed by atoms with Crippen molar-refractivity contribution in [1.82, 2.24) is 9.55 Å². The van der Waals surface area contributed by atoms with Crippen molar-refractivity contribution in [2.75, 3.05) is 19.8 Å². The Labute approximate surface area is 84.5 Å². The summed E-state index contributed by atoms with van der Waals surface area (Å²) in [6, 6.07) is 0. The van der Waals surface area contributed by atoms with E-state index in [9.17, 15) is 0 Å². The smallest absolute Gasteiger partial charge is 0.111 e. The summed E-state index contributed by atoms with van der Waals surface area (Å²) in [6.07, 6.45) is 3.76. The normalized spacial score (nSPS) is 11.1. The maximum atomic E-state index is 8.52. The molecular weight excluding hydrogens is 180 g/mol. The molecule has 14 heavy (non-hydrogen) atoms. The van der Waals surface area contributed by atoms with Crippen LogP contribution in [0.2, 0.25) is 0 Å². The van der Waals surface area contributed by atoms with Gasteiger partial charge in [-0.3, -0.25) is 0 Å². The number of ether oxygens (including phenoxy) is 1. The zero-order chi connectivity index (χ0) is 10.4. The second-order valence-corrected chi connectivity index (χ2v) is 3.47. The molecule has 80 valence electrons. The lowest BCUT2D eigenvalue weighted by Crippen LogP contribution is -2.11. The van der Waals surface area contributed by atoms with Crippen LogP contribution in [0.1, 0.15) is 25.6 Å². The van der Waals surface area contributed by atoms with Crippen LogP contribution in [-0.4, -0.2) is 34.5 Å². The van der Waals surface area contributed by atoms with Crippen LogP contribution in [0.4, 0.5) is 0 Å². The molecule has 0 radical (unpaired) electrons. The average Bonchev–Trinajstić information content (AvgIpc) is 2.60. The Balaban J connectivity index is 2.38. The summed E-state index contributed by atoms with van der Waals surface area (Å²) in [7, 11) is 0. The van der Waals surface area contributed by atoms with Gasteiger partial charge < -0.3 is 14.4 Å². The molecule has 0 aliphatic rings. The summed E-state index contributed by atoms with van der Waals surface area (Å²) < 4.78 is 7.28. The summed E-state index contributed by atoms with van der Waals surface area (Å²) in [5.74, 6) is 1.51. The molecule has 0 aromatic carbocycles. The summed E-state index contributed by atoms with van der Waals surface area (Å²) >= 11 is 0. The van der Waals surface area contributed by atoms with Gasteiger partial charge in [-0.25, -0.2) is 4.98 Å². The van der Waals surface area contributed by atoms with Crippen LogP contribution >= 0.6 is 0 Å². The number of rotatable bonds is 6. The SMILES string of the molecule is CC(C)c1nccn1CCOCCO. The minimum atomic E-state index is 0.0843. The monoisotopic (exact) mass is 198 g/mol. The van der Waals surface area contributed by atoms with Crippen LogP contribution in [0.3, 0.4) is 0 Å². The Hall–Kier alpha value is -0.870. The number of aromatic nitrogens is 2. The summed E-state index contributed by atoms with van der Waals surface area (Å²) in [4.78, 5) is 4.27. The van der Waals surface area contributed by atoms with E-state index < -0.39 is 0 Å². The highest BCUT2D eigenvalue weighted by molar-refractivity contribution is 4.97. The fourth-order valence-corrected chi connectivity index (χ4v) is 1.34. The van der Waals surface area contributed by atoms with Gasteiger partial charge in [0, 0.05) is 24.9 Å². The minimum absolute atomic E-state index is 0.0843. The summed E-state index contributed by atoms with van der Waals surface area (Å²) in [6.45, 7) is 6.15. The van der Waals surface area contributed by atoms with Gasteiger partial charge in [0.15, 0.2) is 0 Å². The van der Waals surface area contributed by atoms with E-state index in [1.807, 2.05) is 6.20 Å². The molecule has 0 fully saturated rings. The largest absolute Gasteiger partial charge is 0.394 e. The lowest BCUT2D eigenvalue weighted by Gasteiger charge is -2.09. The summed E-state index contributed by atoms with van der Waals surface area (Å²) in [5.41, 5.74) is 0.